The number of nitrogens with one attached hydrogen (secondary N) is 1. The summed E-state index contributed by atoms with van der Waals surface area (Å²) in [5.74, 6) is 1.27. The summed E-state index contributed by atoms with van der Waals surface area (Å²) < 4.78 is 5.94. The number of rotatable bonds is 7. The zero-order valence-electron chi connectivity index (χ0n) is 11.2. The summed E-state index contributed by atoms with van der Waals surface area (Å²) in [4.78, 5) is 4.19. The maximum Gasteiger partial charge on any atom is 0.128 e. The molecule has 0 saturated heterocycles. The summed E-state index contributed by atoms with van der Waals surface area (Å²) in [6.45, 7) is 5.79. The van der Waals surface area contributed by atoms with Crippen molar-refractivity contribution in [2.45, 2.75) is 38.8 Å². The molecule has 3 N–H and O–H groups in total. The Kier molecular flexibility index (Phi) is 4.55. The van der Waals surface area contributed by atoms with Crippen molar-refractivity contribution in [3.05, 3.63) is 23.9 Å². The van der Waals surface area contributed by atoms with Crippen molar-refractivity contribution in [2.75, 3.05) is 18.9 Å². The molecule has 100 valence electrons. The molecular weight excluding hydrogens is 226 g/mol. The Morgan fingerprint density at radius 1 is 1.50 bits per heavy atom. The summed E-state index contributed by atoms with van der Waals surface area (Å²) in [6, 6.07) is 4.13. The Morgan fingerprint density at radius 2 is 2.28 bits per heavy atom. The van der Waals surface area contributed by atoms with Crippen LogP contribution in [0.15, 0.2) is 18.3 Å². The van der Waals surface area contributed by atoms with E-state index < -0.39 is 0 Å². The molecule has 4 heteroatoms. The highest BCUT2D eigenvalue weighted by Gasteiger charge is 2.38. The zero-order chi connectivity index (χ0) is 13.0. The molecule has 1 fully saturated rings. The molecule has 0 radical (unpaired) electrons. The van der Waals surface area contributed by atoms with Gasteiger partial charge in [0.2, 0.25) is 0 Å². The average molecular weight is 249 g/mol. The Morgan fingerprint density at radius 3 is 2.83 bits per heavy atom. The first-order chi connectivity index (χ1) is 8.77. The van der Waals surface area contributed by atoms with E-state index in [0.29, 0.717) is 11.7 Å². The van der Waals surface area contributed by atoms with Crippen molar-refractivity contribution in [3.63, 3.8) is 0 Å². The van der Waals surface area contributed by atoms with Crippen LogP contribution in [-0.4, -0.2) is 24.2 Å². The van der Waals surface area contributed by atoms with Crippen molar-refractivity contribution < 1.29 is 4.74 Å². The lowest BCUT2D eigenvalue weighted by Gasteiger charge is -2.28. The zero-order valence-corrected chi connectivity index (χ0v) is 11.2. The van der Waals surface area contributed by atoms with Gasteiger partial charge in [-0.25, -0.2) is 4.98 Å². The van der Waals surface area contributed by atoms with E-state index in [1.54, 1.807) is 6.20 Å². The van der Waals surface area contributed by atoms with Gasteiger partial charge in [-0.05, 0) is 38.3 Å². The molecule has 1 aliphatic carbocycles. The normalized spacial score (nSPS) is 18.6. The molecule has 4 nitrogen and oxygen atoms in total. The minimum Gasteiger partial charge on any atom is -0.383 e. The first-order valence-corrected chi connectivity index (χ1v) is 6.83. The van der Waals surface area contributed by atoms with E-state index in [9.17, 15) is 0 Å². The number of nitrogen functional groups attached to an aromatic ring is 1. The standard InChI is InChI=1S/C14H23N3O/c1-3-16-12(11-6-5-9-17-14(11)15)13(18-4-2)10-7-8-10/h5-6,9-10,12-13,16H,3-4,7-8H2,1-2H3,(H2,15,17). The fourth-order valence-corrected chi connectivity index (χ4v) is 2.44. The summed E-state index contributed by atoms with van der Waals surface area (Å²) in [7, 11) is 0. The number of pyridine rings is 1. The molecule has 0 spiro atoms. The van der Waals surface area contributed by atoms with Gasteiger partial charge >= 0.3 is 0 Å². The third-order valence-corrected chi connectivity index (χ3v) is 3.40. The molecule has 1 heterocycles. The number of nitrogens with zero attached hydrogens (tertiary/aromatic N) is 1. The third kappa shape index (κ3) is 3.00. The van der Waals surface area contributed by atoms with Gasteiger partial charge in [0.1, 0.15) is 5.82 Å². The van der Waals surface area contributed by atoms with E-state index in [1.165, 1.54) is 12.8 Å². The van der Waals surface area contributed by atoms with Gasteiger partial charge in [0, 0.05) is 18.4 Å². The van der Waals surface area contributed by atoms with E-state index in [-0.39, 0.29) is 12.1 Å². The lowest BCUT2D eigenvalue weighted by atomic mass is 9.98. The SMILES string of the molecule is CCNC(c1cccnc1N)C(OCC)C1CC1. The Bertz CT molecular complexity index is 379. The lowest BCUT2D eigenvalue weighted by Crippen LogP contribution is -2.36. The molecule has 0 bridgehead atoms. The fraction of sp³-hybridized carbons (Fsp3) is 0.643. The molecule has 2 rings (SSSR count). The average Bonchev–Trinajstić information content (AvgIpc) is 3.19. The smallest absolute Gasteiger partial charge is 0.128 e. The summed E-state index contributed by atoms with van der Waals surface area (Å²) in [5.41, 5.74) is 7.06. The van der Waals surface area contributed by atoms with Gasteiger partial charge in [0.05, 0.1) is 12.1 Å². The van der Waals surface area contributed by atoms with Crippen LogP contribution in [0.4, 0.5) is 5.82 Å². The first kappa shape index (κ1) is 13.3. The van der Waals surface area contributed by atoms with Crippen LogP contribution in [0.5, 0.6) is 0 Å². The summed E-state index contributed by atoms with van der Waals surface area (Å²) >= 11 is 0. The third-order valence-electron chi connectivity index (χ3n) is 3.40. The Hall–Kier alpha value is -1.13. The second-order valence-electron chi connectivity index (χ2n) is 4.77. The Labute approximate surface area is 109 Å². The quantitative estimate of drug-likeness (QED) is 0.777. The molecule has 0 aliphatic heterocycles. The molecule has 2 unspecified atom stereocenters. The number of hydrogen-bond donors (Lipinski definition) is 2. The van der Waals surface area contributed by atoms with Gasteiger partial charge in [-0.1, -0.05) is 13.0 Å². The van der Waals surface area contributed by atoms with Crippen LogP contribution in [-0.2, 0) is 4.74 Å². The van der Waals surface area contributed by atoms with E-state index >= 15 is 0 Å². The molecular formula is C14H23N3O. The monoisotopic (exact) mass is 249 g/mol. The fourth-order valence-electron chi connectivity index (χ4n) is 2.44. The maximum atomic E-state index is 6.00. The van der Waals surface area contributed by atoms with Gasteiger partial charge in [0.15, 0.2) is 0 Å². The second kappa shape index (κ2) is 6.16. The molecule has 0 amide bonds. The lowest BCUT2D eigenvalue weighted by molar-refractivity contribution is 0.0190. The van der Waals surface area contributed by atoms with E-state index in [4.69, 9.17) is 10.5 Å². The van der Waals surface area contributed by atoms with Crippen molar-refractivity contribution in [3.8, 4) is 0 Å². The Balaban J connectivity index is 2.22. The topological polar surface area (TPSA) is 60.2 Å². The van der Waals surface area contributed by atoms with Crippen molar-refractivity contribution in [1.29, 1.82) is 0 Å². The predicted molar refractivity (Wildman–Crippen MR) is 73.2 cm³/mol. The summed E-state index contributed by atoms with van der Waals surface area (Å²) in [5, 5.41) is 3.50. The van der Waals surface area contributed by atoms with Crippen molar-refractivity contribution in [2.24, 2.45) is 5.92 Å². The van der Waals surface area contributed by atoms with Crippen LogP contribution in [0.2, 0.25) is 0 Å². The first-order valence-electron chi connectivity index (χ1n) is 6.83. The van der Waals surface area contributed by atoms with Crippen LogP contribution < -0.4 is 11.1 Å². The van der Waals surface area contributed by atoms with Gasteiger partial charge in [-0.3, -0.25) is 0 Å². The minimum atomic E-state index is 0.149. The van der Waals surface area contributed by atoms with E-state index in [0.717, 1.165) is 18.7 Å². The minimum absolute atomic E-state index is 0.149. The molecule has 18 heavy (non-hydrogen) atoms. The number of nitrogens with two attached hydrogens (primary N) is 1. The number of anilines is 1. The number of likely N-dealkylation sites (N-methyl/N-ethyl adjacent to an activating group) is 1. The highest BCUT2D eigenvalue weighted by Crippen LogP contribution is 2.40. The van der Waals surface area contributed by atoms with E-state index in [1.807, 2.05) is 19.1 Å². The highest BCUT2D eigenvalue weighted by atomic mass is 16.5. The number of aromatic nitrogens is 1. The number of hydrogen-bond acceptors (Lipinski definition) is 4. The van der Waals surface area contributed by atoms with Gasteiger partial charge in [-0.2, -0.15) is 0 Å². The molecule has 1 aromatic rings. The van der Waals surface area contributed by atoms with Crippen LogP contribution in [0.3, 0.4) is 0 Å². The van der Waals surface area contributed by atoms with Gasteiger partial charge in [0.25, 0.3) is 0 Å². The largest absolute Gasteiger partial charge is 0.383 e. The van der Waals surface area contributed by atoms with Gasteiger partial charge in [-0.15, -0.1) is 0 Å². The maximum absolute atomic E-state index is 6.00. The van der Waals surface area contributed by atoms with E-state index in [2.05, 4.69) is 17.2 Å². The van der Waals surface area contributed by atoms with Crippen LogP contribution in [0.25, 0.3) is 0 Å². The molecule has 1 saturated carbocycles. The second-order valence-corrected chi connectivity index (χ2v) is 4.77. The molecule has 1 aromatic heterocycles. The van der Waals surface area contributed by atoms with Crippen LogP contribution in [0, 0.1) is 5.92 Å². The van der Waals surface area contributed by atoms with Crippen LogP contribution in [0.1, 0.15) is 38.3 Å². The summed E-state index contributed by atoms with van der Waals surface area (Å²) in [6.07, 6.45) is 4.45. The van der Waals surface area contributed by atoms with Gasteiger partial charge < -0.3 is 15.8 Å². The number of ether oxygens (including phenoxy) is 1. The molecule has 1 aliphatic rings. The van der Waals surface area contributed by atoms with Crippen molar-refractivity contribution >= 4 is 5.82 Å². The highest BCUT2D eigenvalue weighted by molar-refractivity contribution is 5.41. The molecule has 0 aromatic carbocycles. The predicted octanol–water partition coefficient (Wildman–Crippen LogP) is 2.13. The van der Waals surface area contributed by atoms with Crippen molar-refractivity contribution in [1.82, 2.24) is 10.3 Å². The van der Waals surface area contributed by atoms with Crippen LogP contribution >= 0.6 is 0 Å². The molecule has 2 atom stereocenters.